The van der Waals surface area contributed by atoms with Gasteiger partial charge in [0.15, 0.2) is 11.5 Å². The van der Waals surface area contributed by atoms with Gasteiger partial charge in [-0.2, -0.15) is 0 Å². The van der Waals surface area contributed by atoms with E-state index in [-0.39, 0.29) is 29.6 Å². The van der Waals surface area contributed by atoms with E-state index in [4.69, 9.17) is 9.47 Å². The monoisotopic (exact) mass is 368 g/mol. The van der Waals surface area contributed by atoms with Gasteiger partial charge in [0, 0.05) is 18.7 Å². The number of para-hydroxylation sites is 1. The summed E-state index contributed by atoms with van der Waals surface area (Å²) >= 11 is 0. The van der Waals surface area contributed by atoms with Gasteiger partial charge in [-0.3, -0.25) is 0 Å². The van der Waals surface area contributed by atoms with E-state index in [1.807, 2.05) is 18.2 Å². The number of carbonyl (C=O) groups excluding carboxylic acids is 1. The molecule has 0 aliphatic carbocycles. The van der Waals surface area contributed by atoms with Gasteiger partial charge in [-0.05, 0) is 25.3 Å². The average molecular weight is 368 g/mol. The fraction of sp³-hybridized carbons (Fsp3) is 0.588. The van der Waals surface area contributed by atoms with Gasteiger partial charge in [0.1, 0.15) is 16.4 Å². The van der Waals surface area contributed by atoms with Crippen LogP contribution in [0, 0.1) is 0 Å². The second-order valence-corrected chi connectivity index (χ2v) is 8.91. The highest BCUT2D eigenvalue weighted by Crippen LogP contribution is 2.34. The molecule has 0 aromatic heterocycles. The Labute approximate surface area is 148 Å². The summed E-state index contributed by atoms with van der Waals surface area (Å²) in [5.41, 5.74) is 1.00. The topological polar surface area (TPSA) is 84.9 Å². The van der Waals surface area contributed by atoms with Crippen LogP contribution in [0.15, 0.2) is 18.2 Å². The fourth-order valence-corrected chi connectivity index (χ4v) is 4.82. The van der Waals surface area contributed by atoms with Crippen molar-refractivity contribution in [3.05, 3.63) is 23.8 Å². The third kappa shape index (κ3) is 4.00. The molecular weight excluding hydrogens is 344 g/mol. The van der Waals surface area contributed by atoms with Crippen molar-refractivity contribution in [2.45, 2.75) is 31.3 Å². The van der Waals surface area contributed by atoms with Crippen LogP contribution in [0.5, 0.6) is 11.5 Å². The molecule has 1 aromatic carbocycles. The Hall–Kier alpha value is -1.96. The fourth-order valence-electron chi connectivity index (χ4n) is 3.35. The molecule has 0 saturated carbocycles. The zero-order valence-corrected chi connectivity index (χ0v) is 15.3. The smallest absolute Gasteiger partial charge is 0.317 e. The summed E-state index contributed by atoms with van der Waals surface area (Å²) in [6, 6.07) is 5.36. The van der Waals surface area contributed by atoms with E-state index in [1.54, 1.807) is 19.1 Å². The van der Waals surface area contributed by atoms with Crippen LogP contribution in [0.2, 0.25) is 0 Å². The Bertz CT molecular complexity index is 735. The Morgan fingerprint density at radius 1 is 1.32 bits per heavy atom. The quantitative estimate of drug-likeness (QED) is 0.867. The lowest BCUT2D eigenvalue weighted by molar-refractivity contribution is 0.170. The van der Waals surface area contributed by atoms with Gasteiger partial charge in [-0.1, -0.05) is 12.1 Å². The second kappa shape index (κ2) is 7.11. The molecule has 1 fully saturated rings. The number of sulfone groups is 1. The van der Waals surface area contributed by atoms with Gasteiger partial charge in [0.2, 0.25) is 0 Å². The number of amides is 2. The predicted molar refractivity (Wildman–Crippen MR) is 94.0 cm³/mol. The van der Waals surface area contributed by atoms with E-state index in [1.165, 1.54) is 0 Å². The SMILES string of the molecule is COc1cccc2c1OC[C@H](NC(=O)N(C)C1CCS(=O)(=O)CC1)C2. The number of benzene rings is 1. The second-order valence-electron chi connectivity index (χ2n) is 6.60. The number of nitrogens with one attached hydrogen (secondary N) is 1. The number of methoxy groups -OCH3 is 1. The lowest BCUT2D eigenvalue weighted by Gasteiger charge is -2.33. The Morgan fingerprint density at radius 3 is 2.72 bits per heavy atom. The summed E-state index contributed by atoms with van der Waals surface area (Å²) < 4.78 is 34.1. The van der Waals surface area contributed by atoms with Crippen LogP contribution in [0.4, 0.5) is 4.79 Å². The minimum atomic E-state index is -2.93. The molecule has 1 saturated heterocycles. The van der Waals surface area contributed by atoms with Crippen LogP contribution in [-0.4, -0.2) is 63.7 Å². The van der Waals surface area contributed by atoms with E-state index >= 15 is 0 Å². The zero-order valence-electron chi connectivity index (χ0n) is 14.5. The van der Waals surface area contributed by atoms with Gasteiger partial charge in [0.05, 0.1) is 24.7 Å². The first-order valence-electron chi connectivity index (χ1n) is 8.42. The van der Waals surface area contributed by atoms with Crippen molar-refractivity contribution in [2.24, 2.45) is 0 Å². The van der Waals surface area contributed by atoms with Crippen LogP contribution in [0.3, 0.4) is 0 Å². The highest BCUT2D eigenvalue weighted by molar-refractivity contribution is 7.91. The summed E-state index contributed by atoms with van der Waals surface area (Å²) in [5, 5.41) is 2.99. The Morgan fingerprint density at radius 2 is 2.04 bits per heavy atom. The normalized spacial score (nSPS) is 22.4. The van der Waals surface area contributed by atoms with Gasteiger partial charge < -0.3 is 19.7 Å². The van der Waals surface area contributed by atoms with Crippen LogP contribution in [0.1, 0.15) is 18.4 Å². The standard InChI is InChI=1S/C17H24N2O5S/c1-19(14-6-8-25(21,22)9-7-14)17(20)18-13-10-12-4-3-5-15(23-2)16(12)24-11-13/h3-5,13-14H,6-11H2,1-2H3,(H,18,20)/t13-/m1/s1. The molecule has 8 heteroatoms. The summed E-state index contributed by atoms with van der Waals surface area (Å²) in [6.07, 6.45) is 1.66. The maximum absolute atomic E-state index is 12.5. The van der Waals surface area contributed by atoms with Crippen molar-refractivity contribution >= 4 is 15.9 Å². The Kier molecular flexibility index (Phi) is 5.08. The number of urea groups is 1. The van der Waals surface area contributed by atoms with E-state index in [9.17, 15) is 13.2 Å². The molecule has 7 nitrogen and oxygen atoms in total. The first-order valence-corrected chi connectivity index (χ1v) is 10.2. The van der Waals surface area contributed by atoms with Gasteiger partial charge in [-0.15, -0.1) is 0 Å². The number of hydrogen-bond acceptors (Lipinski definition) is 5. The predicted octanol–water partition coefficient (Wildman–Crippen LogP) is 1.22. The molecule has 3 rings (SSSR count). The maximum atomic E-state index is 12.5. The molecule has 0 bridgehead atoms. The summed E-state index contributed by atoms with van der Waals surface area (Å²) in [7, 11) is 0.392. The van der Waals surface area contributed by atoms with Crippen molar-refractivity contribution in [1.82, 2.24) is 10.2 Å². The molecule has 138 valence electrons. The van der Waals surface area contributed by atoms with Crippen LogP contribution in [-0.2, 0) is 16.3 Å². The van der Waals surface area contributed by atoms with Crippen molar-refractivity contribution in [1.29, 1.82) is 0 Å². The molecule has 2 aliphatic rings. The third-order valence-electron chi connectivity index (χ3n) is 4.90. The molecule has 2 heterocycles. The largest absolute Gasteiger partial charge is 0.493 e. The number of nitrogens with zero attached hydrogens (tertiary/aromatic N) is 1. The highest BCUT2D eigenvalue weighted by atomic mass is 32.2. The number of ether oxygens (including phenoxy) is 2. The first kappa shape index (κ1) is 17.8. The molecule has 2 aliphatic heterocycles. The number of rotatable bonds is 3. The molecule has 1 atom stereocenters. The lowest BCUT2D eigenvalue weighted by atomic mass is 10.0. The summed E-state index contributed by atoms with van der Waals surface area (Å²) in [5.74, 6) is 1.73. The molecule has 2 amide bonds. The van der Waals surface area contributed by atoms with Crippen molar-refractivity contribution in [3.63, 3.8) is 0 Å². The van der Waals surface area contributed by atoms with E-state index < -0.39 is 9.84 Å². The molecule has 1 aromatic rings. The minimum absolute atomic E-state index is 0.0413. The molecular formula is C17H24N2O5S. The first-order chi connectivity index (χ1) is 11.9. The molecule has 0 unspecified atom stereocenters. The lowest BCUT2D eigenvalue weighted by Crippen LogP contribution is -2.52. The maximum Gasteiger partial charge on any atom is 0.317 e. The molecule has 0 spiro atoms. The van der Waals surface area contributed by atoms with E-state index in [0.29, 0.717) is 31.6 Å². The number of carbonyl (C=O) groups is 1. The van der Waals surface area contributed by atoms with Crippen molar-refractivity contribution in [2.75, 3.05) is 32.3 Å². The summed E-state index contributed by atoms with van der Waals surface area (Å²) in [4.78, 5) is 14.1. The van der Waals surface area contributed by atoms with Crippen LogP contribution < -0.4 is 14.8 Å². The van der Waals surface area contributed by atoms with Crippen LogP contribution in [0.25, 0.3) is 0 Å². The zero-order chi connectivity index (χ0) is 18.0. The van der Waals surface area contributed by atoms with Gasteiger partial charge >= 0.3 is 6.03 Å². The summed E-state index contributed by atoms with van der Waals surface area (Å²) in [6.45, 7) is 0.381. The Balaban J connectivity index is 1.58. The molecule has 1 N–H and O–H groups in total. The number of hydrogen-bond donors (Lipinski definition) is 1. The average Bonchev–Trinajstić information content (AvgIpc) is 2.60. The minimum Gasteiger partial charge on any atom is -0.493 e. The van der Waals surface area contributed by atoms with Crippen molar-refractivity contribution in [3.8, 4) is 11.5 Å². The highest BCUT2D eigenvalue weighted by Gasteiger charge is 2.30. The molecule has 0 radical (unpaired) electrons. The van der Waals surface area contributed by atoms with Crippen LogP contribution >= 0.6 is 0 Å². The van der Waals surface area contributed by atoms with Crippen molar-refractivity contribution < 1.29 is 22.7 Å². The number of fused-ring (bicyclic) bond motifs is 1. The third-order valence-corrected chi connectivity index (χ3v) is 6.61. The van der Waals surface area contributed by atoms with E-state index in [2.05, 4.69) is 5.32 Å². The van der Waals surface area contributed by atoms with Gasteiger partial charge in [-0.25, -0.2) is 13.2 Å². The molecule has 25 heavy (non-hydrogen) atoms. The van der Waals surface area contributed by atoms with Gasteiger partial charge in [0.25, 0.3) is 0 Å². The van der Waals surface area contributed by atoms with E-state index in [0.717, 1.165) is 11.3 Å².